The first-order chi connectivity index (χ1) is 6.20. The molecule has 0 saturated heterocycles. The molecule has 1 aliphatic rings. The van der Waals surface area contributed by atoms with Crippen LogP contribution in [0, 0.1) is 0 Å². The van der Waals surface area contributed by atoms with Gasteiger partial charge in [0.1, 0.15) is 0 Å². The zero-order valence-electron chi connectivity index (χ0n) is 8.68. The van der Waals surface area contributed by atoms with Gasteiger partial charge in [0, 0.05) is 19.6 Å². The lowest BCUT2D eigenvalue weighted by atomic mass is 9.95. The molecule has 3 heteroatoms. The first kappa shape index (κ1) is 12.4. The molecule has 0 atom stereocenters. The predicted molar refractivity (Wildman–Crippen MR) is 53.4 cm³/mol. The van der Waals surface area contributed by atoms with Crippen molar-refractivity contribution in [1.29, 1.82) is 0 Å². The number of carbonyl (C=O) groups is 1. The van der Waals surface area contributed by atoms with Gasteiger partial charge in [0.05, 0.1) is 0 Å². The van der Waals surface area contributed by atoms with E-state index in [4.69, 9.17) is 5.11 Å². The molecule has 3 nitrogen and oxygen atoms in total. The van der Waals surface area contributed by atoms with E-state index in [1.165, 1.54) is 32.1 Å². The van der Waals surface area contributed by atoms with E-state index >= 15 is 0 Å². The summed E-state index contributed by atoms with van der Waals surface area (Å²) in [5, 5.41) is 10.5. The lowest BCUT2D eigenvalue weighted by Gasteiger charge is -2.21. The van der Waals surface area contributed by atoms with E-state index in [9.17, 15) is 4.79 Å². The summed E-state index contributed by atoms with van der Waals surface area (Å²) in [4.78, 5) is 10.6. The van der Waals surface area contributed by atoms with Crippen molar-refractivity contribution in [2.75, 3.05) is 6.61 Å². The summed E-state index contributed by atoms with van der Waals surface area (Å²) >= 11 is 0. The molecule has 0 aromatic heterocycles. The molecule has 2 N–H and O–H groups in total. The molecular formula is C10H21NO2. The molecule has 0 radical (unpaired) electrons. The standard InChI is InChI=1S/C8H15NO.C2H6O/c1-7(10)9-8-5-3-2-4-6-8;1-2-3/h8H,2-6H2,1H3,(H,9,10);3H,2H2,1H3. The van der Waals surface area contributed by atoms with Crippen LogP contribution in [-0.4, -0.2) is 23.7 Å². The van der Waals surface area contributed by atoms with Crippen molar-refractivity contribution >= 4 is 5.91 Å². The highest BCUT2D eigenvalue weighted by Crippen LogP contribution is 2.16. The maximum atomic E-state index is 10.6. The monoisotopic (exact) mass is 187 g/mol. The van der Waals surface area contributed by atoms with Crippen LogP contribution in [0.25, 0.3) is 0 Å². The maximum absolute atomic E-state index is 10.6. The number of hydrogen-bond donors (Lipinski definition) is 2. The largest absolute Gasteiger partial charge is 0.397 e. The molecule has 0 aromatic carbocycles. The summed E-state index contributed by atoms with van der Waals surface area (Å²) in [6.45, 7) is 3.52. The molecule has 0 heterocycles. The number of aliphatic hydroxyl groups is 1. The Morgan fingerprint density at radius 3 is 2.23 bits per heavy atom. The van der Waals surface area contributed by atoms with E-state index in [0.717, 1.165) is 0 Å². The van der Waals surface area contributed by atoms with Crippen LogP contribution >= 0.6 is 0 Å². The van der Waals surface area contributed by atoms with Crippen molar-refractivity contribution in [2.45, 2.75) is 52.0 Å². The first-order valence-corrected chi connectivity index (χ1v) is 5.08. The van der Waals surface area contributed by atoms with Crippen LogP contribution in [0.3, 0.4) is 0 Å². The third-order valence-electron chi connectivity index (χ3n) is 2.01. The fraction of sp³-hybridized carbons (Fsp3) is 0.900. The molecule has 0 spiro atoms. The number of aliphatic hydroxyl groups excluding tert-OH is 1. The van der Waals surface area contributed by atoms with E-state index in [-0.39, 0.29) is 12.5 Å². The first-order valence-electron chi connectivity index (χ1n) is 5.08. The van der Waals surface area contributed by atoms with Gasteiger partial charge in [0.25, 0.3) is 0 Å². The number of carbonyl (C=O) groups excluding carboxylic acids is 1. The Balaban J connectivity index is 0.000000424. The van der Waals surface area contributed by atoms with Crippen molar-refractivity contribution < 1.29 is 9.90 Å². The highest BCUT2D eigenvalue weighted by molar-refractivity contribution is 5.73. The molecule has 1 amide bonds. The second-order valence-electron chi connectivity index (χ2n) is 3.35. The van der Waals surface area contributed by atoms with Crippen molar-refractivity contribution in [3.05, 3.63) is 0 Å². The van der Waals surface area contributed by atoms with Gasteiger partial charge in [0.15, 0.2) is 0 Å². The van der Waals surface area contributed by atoms with Gasteiger partial charge in [-0.05, 0) is 19.8 Å². The van der Waals surface area contributed by atoms with Gasteiger partial charge in [-0.25, -0.2) is 0 Å². The van der Waals surface area contributed by atoms with Crippen LogP contribution in [0.15, 0.2) is 0 Å². The molecule has 0 bridgehead atoms. The van der Waals surface area contributed by atoms with Crippen LogP contribution in [0.2, 0.25) is 0 Å². The number of rotatable bonds is 1. The zero-order chi connectivity index (χ0) is 10.1. The summed E-state index contributed by atoms with van der Waals surface area (Å²) in [5.74, 6) is 0.118. The average molecular weight is 187 g/mol. The SMILES string of the molecule is CC(=O)NC1CCCCC1.CCO. The van der Waals surface area contributed by atoms with Gasteiger partial charge < -0.3 is 10.4 Å². The predicted octanol–water partition coefficient (Wildman–Crippen LogP) is 1.45. The third kappa shape index (κ3) is 7.78. The van der Waals surface area contributed by atoms with Crippen LogP contribution in [0.4, 0.5) is 0 Å². The molecule has 13 heavy (non-hydrogen) atoms. The Labute approximate surface area is 80.5 Å². The van der Waals surface area contributed by atoms with E-state index < -0.39 is 0 Å². The minimum absolute atomic E-state index is 0.118. The number of amides is 1. The highest BCUT2D eigenvalue weighted by atomic mass is 16.2. The fourth-order valence-corrected chi connectivity index (χ4v) is 1.53. The number of hydrogen-bond acceptors (Lipinski definition) is 2. The van der Waals surface area contributed by atoms with Crippen LogP contribution in [0.1, 0.15) is 46.0 Å². The zero-order valence-corrected chi connectivity index (χ0v) is 8.68. The Morgan fingerprint density at radius 2 is 1.85 bits per heavy atom. The Kier molecular flexibility index (Phi) is 7.69. The van der Waals surface area contributed by atoms with Gasteiger partial charge in [-0.1, -0.05) is 19.3 Å². The summed E-state index contributed by atoms with van der Waals surface area (Å²) in [6.07, 6.45) is 6.27. The van der Waals surface area contributed by atoms with Crippen LogP contribution < -0.4 is 5.32 Å². The van der Waals surface area contributed by atoms with Gasteiger partial charge in [-0.2, -0.15) is 0 Å². The second kappa shape index (κ2) is 8.05. The summed E-state index contributed by atoms with van der Waals surface area (Å²) in [6, 6.07) is 0.478. The second-order valence-corrected chi connectivity index (χ2v) is 3.35. The van der Waals surface area contributed by atoms with Gasteiger partial charge in [-0.15, -0.1) is 0 Å². The van der Waals surface area contributed by atoms with Crippen molar-refractivity contribution in [2.24, 2.45) is 0 Å². The summed E-state index contributed by atoms with van der Waals surface area (Å²) < 4.78 is 0. The molecule has 78 valence electrons. The molecule has 1 fully saturated rings. The molecule has 1 rings (SSSR count). The Morgan fingerprint density at radius 1 is 1.38 bits per heavy atom. The van der Waals surface area contributed by atoms with Crippen molar-refractivity contribution in [1.82, 2.24) is 5.32 Å². The summed E-state index contributed by atoms with van der Waals surface area (Å²) in [7, 11) is 0. The molecule has 0 unspecified atom stereocenters. The van der Waals surface area contributed by atoms with Gasteiger partial charge >= 0.3 is 0 Å². The smallest absolute Gasteiger partial charge is 0.217 e. The van der Waals surface area contributed by atoms with Gasteiger partial charge in [0.2, 0.25) is 5.91 Å². The lowest BCUT2D eigenvalue weighted by molar-refractivity contribution is -0.119. The minimum Gasteiger partial charge on any atom is -0.397 e. The van der Waals surface area contributed by atoms with Crippen LogP contribution in [0.5, 0.6) is 0 Å². The molecule has 1 aliphatic carbocycles. The fourth-order valence-electron chi connectivity index (χ4n) is 1.53. The van der Waals surface area contributed by atoms with Gasteiger partial charge in [-0.3, -0.25) is 4.79 Å². The van der Waals surface area contributed by atoms with Crippen molar-refractivity contribution in [3.63, 3.8) is 0 Å². The van der Waals surface area contributed by atoms with E-state index in [1.54, 1.807) is 13.8 Å². The Hall–Kier alpha value is -0.570. The lowest BCUT2D eigenvalue weighted by Crippen LogP contribution is -2.34. The normalized spacial score (nSPS) is 17.2. The quantitative estimate of drug-likeness (QED) is 0.653. The van der Waals surface area contributed by atoms with Crippen molar-refractivity contribution in [3.8, 4) is 0 Å². The van der Waals surface area contributed by atoms with E-state index in [0.29, 0.717) is 6.04 Å². The number of nitrogens with one attached hydrogen (secondary N) is 1. The summed E-state index contributed by atoms with van der Waals surface area (Å²) in [5.41, 5.74) is 0. The van der Waals surface area contributed by atoms with E-state index in [1.807, 2.05) is 0 Å². The van der Waals surface area contributed by atoms with E-state index in [2.05, 4.69) is 5.32 Å². The van der Waals surface area contributed by atoms with Crippen LogP contribution in [-0.2, 0) is 4.79 Å². The topological polar surface area (TPSA) is 49.3 Å². The molecule has 0 aromatic rings. The average Bonchev–Trinajstić information content (AvgIpc) is 2.06. The third-order valence-corrected chi connectivity index (χ3v) is 2.01. The minimum atomic E-state index is 0.118. The highest BCUT2D eigenvalue weighted by Gasteiger charge is 2.12. The molecular weight excluding hydrogens is 166 g/mol. The maximum Gasteiger partial charge on any atom is 0.217 e. The molecule has 0 aliphatic heterocycles. The molecule has 1 saturated carbocycles. The Bertz CT molecular complexity index is 131.